The topological polar surface area (TPSA) is 93.2 Å². The average molecular weight is 366 g/mol. The number of benzene rings is 1. The molecule has 1 aliphatic rings. The van der Waals surface area contributed by atoms with Crippen LogP contribution in [-0.2, 0) is 16.0 Å². The lowest BCUT2D eigenvalue weighted by Gasteiger charge is -2.18. The summed E-state index contributed by atoms with van der Waals surface area (Å²) in [5.74, 6) is 0.186. The van der Waals surface area contributed by atoms with E-state index in [4.69, 9.17) is 4.74 Å². The summed E-state index contributed by atoms with van der Waals surface area (Å²) in [6, 6.07) is 8.90. The smallest absolute Gasteiger partial charge is 0.262 e. The van der Waals surface area contributed by atoms with Crippen LogP contribution in [0.1, 0.15) is 5.69 Å². The SMILES string of the molecule is O=C(Cc1csc(-c2cccnc2)n1)Nc1ccc2c(c1)NC(=O)CO2. The predicted octanol–water partition coefficient (Wildman–Crippen LogP) is 2.72. The van der Waals surface area contributed by atoms with Crippen LogP contribution in [0.2, 0.25) is 0 Å². The summed E-state index contributed by atoms with van der Waals surface area (Å²) in [6.07, 6.45) is 3.61. The molecular formula is C18H14N4O3S. The van der Waals surface area contributed by atoms with E-state index in [1.165, 1.54) is 11.3 Å². The zero-order valence-electron chi connectivity index (χ0n) is 13.6. The van der Waals surface area contributed by atoms with Crippen LogP contribution in [0.15, 0.2) is 48.1 Å². The molecule has 0 radical (unpaired) electrons. The Balaban J connectivity index is 1.42. The van der Waals surface area contributed by atoms with Gasteiger partial charge in [-0.2, -0.15) is 0 Å². The number of ether oxygens (including phenoxy) is 1. The van der Waals surface area contributed by atoms with E-state index in [0.29, 0.717) is 22.8 Å². The number of anilines is 2. The number of nitrogens with zero attached hydrogens (tertiary/aromatic N) is 2. The summed E-state index contributed by atoms with van der Waals surface area (Å²) >= 11 is 1.47. The lowest BCUT2D eigenvalue weighted by Crippen LogP contribution is -2.25. The minimum Gasteiger partial charge on any atom is -0.482 e. The molecule has 3 heterocycles. The second-order valence-corrected chi connectivity index (χ2v) is 6.52. The van der Waals surface area contributed by atoms with Crippen molar-refractivity contribution in [3.8, 4) is 16.3 Å². The van der Waals surface area contributed by atoms with Gasteiger partial charge < -0.3 is 15.4 Å². The first-order valence-corrected chi connectivity index (χ1v) is 8.77. The molecule has 8 heteroatoms. The van der Waals surface area contributed by atoms with Crippen molar-refractivity contribution in [3.05, 3.63) is 53.8 Å². The number of aromatic nitrogens is 2. The fraction of sp³-hybridized carbons (Fsp3) is 0.111. The Kier molecular flexibility index (Phi) is 4.32. The number of fused-ring (bicyclic) bond motifs is 1. The first kappa shape index (κ1) is 16.2. The summed E-state index contributed by atoms with van der Waals surface area (Å²) < 4.78 is 5.30. The number of thiazole rings is 1. The maximum atomic E-state index is 12.3. The number of carbonyl (C=O) groups excluding carboxylic acids is 2. The number of carbonyl (C=O) groups is 2. The zero-order valence-corrected chi connectivity index (χ0v) is 14.4. The van der Waals surface area contributed by atoms with Crippen molar-refractivity contribution in [2.45, 2.75) is 6.42 Å². The highest BCUT2D eigenvalue weighted by atomic mass is 32.1. The Labute approximate surface area is 153 Å². The molecule has 0 spiro atoms. The molecule has 1 aromatic carbocycles. The van der Waals surface area contributed by atoms with Gasteiger partial charge in [0.2, 0.25) is 5.91 Å². The molecule has 3 aromatic rings. The highest BCUT2D eigenvalue weighted by Gasteiger charge is 2.17. The average Bonchev–Trinajstić information content (AvgIpc) is 3.10. The standard InChI is InChI=1S/C18H14N4O3S/c23-16(7-13-10-26-18(21-13)11-2-1-5-19-8-11)20-12-3-4-15-14(6-12)22-17(24)9-25-15/h1-6,8,10H,7,9H2,(H,20,23)(H,22,24). The molecule has 26 heavy (non-hydrogen) atoms. The molecule has 0 atom stereocenters. The van der Waals surface area contributed by atoms with Crippen molar-refractivity contribution < 1.29 is 14.3 Å². The molecule has 0 saturated heterocycles. The van der Waals surface area contributed by atoms with Crippen LogP contribution in [0.25, 0.3) is 10.6 Å². The number of hydrogen-bond donors (Lipinski definition) is 2. The minimum atomic E-state index is -0.216. The van der Waals surface area contributed by atoms with Crippen LogP contribution >= 0.6 is 11.3 Å². The minimum absolute atomic E-state index is 0.00178. The molecule has 2 N–H and O–H groups in total. The van der Waals surface area contributed by atoms with E-state index in [2.05, 4.69) is 20.6 Å². The molecule has 130 valence electrons. The zero-order chi connectivity index (χ0) is 17.9. The van der Waals surface area contributed by atoms with Gasteiger partial charge in [-0.25, -0.2) is 4.98 Å². The fourth-order valence-electron chi connectivity index (χ4n) is 2.54. The molecule has 0 saturated carbocycles. The molecule has 2 amide bonds. The van der Waals surface area contributed by atoms with Crippen LogP contribution in [-0.4, -0.2) is 28.4 Å². The normalized spacial score (nSPS) is 12.7. The van der Waals surface area contributed by atoms with Crippen LogP contribution in [0.3, 0.4) is 0 Å². The molecule has 0 bridgehead atoms. The summed E-state index contributed by atoms with van der Waals surface area (Å²) in [7, 11) is 0. The van der Waals surface area contributed by atoms with Gasteiger partial charge in [0.05, 0.1) is 17.8 Å². The van der Waals surface area contributed by atoms with E-state index in [1.54, 1.807) is 30.6 Å². The second kappa shape index (κ2) is 6.93. The third-order valence-electron chi connectivity index (χ3n) is 3.70. The third-order valence-corrected chi connectivity index (χ3v) is 4.64. The first-order valence-electron chi connectivity index (χ1n) is 7.89. The molecule has 0 fully saturated rings. The van der Waals surface area contributed by atoms with E-state index in [9.17, 15) is 9.59 Å². The van der Waals surface area contributed by atoms with Gasteiger partial charge in [0, 0.05) is 29.0 Å². The van der Waals surface area contributed by atoms with Crippen LogP contribution in [0.4, 0.5) is 11.4 Å². The Hall–Kier alpha value is -3.26. The molecule has 0 aliphatic carbocycles. The summed E-state index contributed by atoms with van der Waals surface area (Å²) in [6.45, 7) is 0.00178. The van der Waals surface area contributed by atoms with Crippen molar-refractivity contribution in [1.29, 1.82) is 0 Å². The van der Waals surface area contributed by atoms with Gasteiger partial charge in [-0.15, -0.1) is 11.3 Å². The number of rotatable bonds is 4. The molecule has 7 nitrogen and oxygen atoms in total. The van der Waals surface area contributed by atoms with E-state index in [0.717, 1.165) is 10.6 Å². The molecule has 1 aliphatic heterocycles. The Bertz CT molecular complexity index is 972. The fourth-order valence-corrected chi connectivity index (χ4v) is 3.35. The lowest BCUT2D eigenvalue weighted by atomic mass is 10.2. The van der Waals surface area contributed by atoms with Gasteiger partial charge in [0.25, 0.3) is 5.91 Å². The number of pyridine rings is 1. The Morgan fingerprint density at radius 2 is 2.27 bits per heavy atom. The molecular weight excluding hydrogens is 352 g/mol. The lowest BCUT2D eigenvalue weighted by molar-refractivity contribution is -0.118. The Morgan fingerprint density at radius 1 is 1.35 bits per heavy atom. The predicted molar refractivity (Wildman–Crippen MR) is 98.2 cm³/mol. The monoisotopic (exact) mass is 366 g/mol. The molecule has 4 rings (SSSR count). The van der Waals surface area contributed by atoms with Crippen molar-refractivity contribution in [2.24, 2.45) is 0 Å². The summed E-state index contributed by atoms with van der Waals surface area (Å²) in [4.78, 5) is 32.2. The van der Waals surface area contributed by atoms with Crippen molar-refractivity contribution >= 4 is 34.5 Å². The first-order chi connectivity index (χ1) is 12.7. The van der Waals surface area contributed by atoms with Gasteiger partial charge in [0.1, 0.15) is 10.8 Å². The maximum Gasteiger partial charge on any atom is 0.262 e. The van der Waals surface area contributed by atoms with Crippen LogP contribution < -0.4 is 15.4 Å². The van der Waals surface area contributed by atoms with E-state index < -0.39 is 0 Å². The summed E-state index contributed by atoms with van der Waals surface area (Å²) in [5, 5.41) is 8.22. The number of hydrogen-bond acceptors (Lipinski definition) is 6. The van der Waals surface area contributed by atoms with Gasteiger partial charge in [-0.1, -0.05) is 0 Å². The van der Waals surface area contributed by atoms with E-state index >= 15 is 0 Å². The molecule has 0 unspecified atom stereocenters. The quantitative estimate of drug-likeness (QED) is 0.741. The summed E-state index contributed by atoms with van der Waals surface area (Å²) in [5.41, 5.74) is 2.75. The van der Waals surface area contributed by atoms with Gasteiger partial charge in [0.15, 0.2) is 6.61 Å². The van der Waals surface area contributed by atoms with Crippen molar-refractivity contribution in [1.82, 2.24) is 9.97 Å². The van der Waals surface area contributed by atoms with Crippen molar-refractivity contribution in [2.75, 3.05) is 17.2 Å². The number of nitrogens with one attached hydrogen (secondary N) is 2. The van der Waals surface area contributed by atoms with Gasteiger partial charge >= 0.3 is 0 Å². The van der Waals surface area contributed by atoms with Crippen LogP contribution in [0, 0.1) is 0 Å². The van der Waals surface area contributed by atoms with Gasteiger partial charge in [-0.05, 0) is 30.3 Å². The van der Waals surface area contributed by atoms with Gasteiger partial charge in [-0.3, -0.25) is 14.6 Å². The largest absolute Gasteiger partial charge is 0.482 e. The third kappa shape index (κ3) is 3.55. The van der Waals surface area contributed by atoms with Crippen molar-refractivity contribution in [3.63, 3.8) is 0 Å². The number of amides is 2. The molecule has 2 aromatic heterocycles. The second-order valence-electron chi connectivity index (χ2n) is 5.66. The van der Waals surface area contributed by atoms with E-state index in [-0.39, 0.29) is 24.8 Å². The maximum absolute atomic E-state index is 12.3. The highest BCUT2D eigenvalue weighted by molar-refractivity contribution is 7.13. The highest BCUT2D eigenvalue weighted by Crippen LogP contribution is 2.30. The van der Waals surface area contributed by atoms with Crippen LogP contribution in [0.5, 0.6) is 5.75 Å². The van der Waals surface area contributed by atoms with E-state index in [1.807, 2.05) is 17.5 Å². The Morgan fingerprint density at radius 3 is 3.12 bits per heavy atom.